The molecule has 0 atom stereocenters. The van der Waals surface area contributed by atoms with Gasteiger partial charge < -0.3 is 11.1 Å². The Morgan fingerprint density at radius 2 is 2.00 bits per heavy atom. The molecule has 0 heterocycles. The molecule has 18 heavy (non-hydrogen) atoms. The highest BCUT2D eigenvalue weighted by Crippen LogP contribution is 2.14. The van der Waals surface area contributed by atoms with Crippen molar-refractivity contribution in [3.63, 3.8) is 0 Å². The van der Waals surface area contributed by atoms with Crippen LogP contribution in [0.2, 0.25) is 0 Å². The Morgan fingerprint density at radius 3 is 2.61 bits per heavy atom. The Morgan fingerprint density at radius 1 is 1.33 bits per heavy atom. The Kier molecular flexibility index (Phi) is 5.30. The molecule has 0 saturated heterocycles. The van der Waals surface area contributed by atoms with E-state index in [0.717, 1.165) is 6.26 Å². The third-order valence-corrected chi connectivity index (χ3v) is 3.65. The van der Waals surface area contributed by atoms with E-state index in [1.54, 1.807) is 18.2 Å². The van der Waals surface area contributed by atoms with Gasteiger partial charge >= 0.3 is 0 Å². The fraction of sp³-hybridized carbons (Fsp3) is 0.417. The molecule has 1 rings (SSSR count). The van der Waals surface area contributed by atoms with Crippen molar-refractivity contribution in [3.8, 4) is 0 Å². The highest BCUT2D eigenvalue weighted by atomic mass is 32.2. The molecule has 1 amide bonds. The average Bonchev–Trinajstić information content (AvgIpc) is 2.33. The van der Waals surface area contributed by atoms with E-state index in [0.29, 0.717) is 24.9 Å². The number of hydrogen-bond donors (Lipinski definition) is 2. The number of sulfone groups is 1. The fourth-order valence-corrected chi connectivity index (χ4v) is 2.50. The van der Waals surface area contributed by atoms with E-state index in [4.69, 9.17) is 5.73 Å². The molecule has 0 aliphatic carbocycles. The van der Waals surface area contributed by atoms with Crippen molar-refractivity contribution in [1.82, 2.24) is 5.32 Å². The molecule has 0 radical (unpaired) electrons. The zero-order valence-electron chi connectivity index (χ0n) is 10.3. The van der Waals surface area contributed by atoms with E-state index in [2.05, 4.69) is 5.32 Å². The minimum Gasteiger partial charge on any atom is -0.352 e. The lowest BCUT2D eigenvalue weighted by molar-refractivity contribution is -0.121. The Labute approximate surface area is 107 Å². The van der Waals surface area contributed by atoms with Crippen LogP contribution in [0.25, 0.3) is 0 Å². The first kappa shape index (κ1) is 14.7. The molecular weight excluding hydrogens is 252 g/mol. The highest BCUT2D eigenvalue weighted by molar-refractivity contribution is 7.90. The predicted molar refractivity (Wildman–Crippen MR) is 69.7 cm³/mol. The van der Waals surface area contributed by atoms with Gasteiger partial charge in [0.05, 0.1) is 4.90 Å². The van der Waals surface area contributed by atoms with Crippen LogP contribution in [0, 0.1) is 0 Å². The molecule has 100 valence electrons. The van der Waals surface area contributed by atoms with Gasteiger partial charge in [0.15, 0.2) is 9.84 Å². The van der Waals surface area contributed by atoms with Crippen LogP contribution in [-0.4, -0.2) is 27.1 Å². The van der Waals surface area contributed by atoms with Crippen LogP contribution in [0.5, 0.6) is 0 Å². The van der Waals surface area contributed by atoms with E-state index < -0.39 is 9.84 Å². The van der Waals surface area contributed by atoms with Crippen LogP contribution in [0.1, 0.15) is 18.4 Å². The van der Waals surface area contributed by atoms with Gasteiger partial charge in [-0.3, -0.25) is 4.79 Å². The number of nitrogens with two attached hydrogens (primary N) is 1. The van der Waals surface area contributed by atoms with E-state index in [1.807, 2.05) is 0 Å². The van der Waals surface area contributed by atoms with Gasteiger partial charge in [-0.05, 0) is 24.6 Å². The number of amides is 1. The first-order chi connectivity index (χ1) is 8.45. The zero-order valence-corrected chi connectivity index (χ0v) is 11.2. The third kappa shape index (κ3) is 4.46. The van der Waals surface area contributed by atoms with Crippen molar-refractivity contribution in [3.05, 3.63) is 29.8 Å². The maximum absolute atomic E-state index is 11.5. The molecule has 0 aliphatic rings. The predicted octanol–water partition coefficient (Wildman–Crippen LogP) is 0.445. The summed E-state index contributed by atoms with van der Waals surface area (Å²) in [5, 5.41) is 2.69. The van der Waals surface area contributed by atoms with Crippen LogP contribution in [0.4, 0.5) is 0 Å². The largest absolute Gasteiger partial charge is 0.352 e. The summed E-state index contributed by atoms with van der Waals surface area (Å²) in [6, 6.07) is 6.64. The second kappa shape index (κ2) is 6.51. The molecule has 3 N–H and O–H groups in total. The van der Waals surface area contributed by atoms with Crippen LogP contribution in [0.15, 0.2) is 29.2 Å². The number of benzene rings is 1. The van der Waals surface area contributed by atoms with Gasteiger partial charge in [-0.15, -0.1) is 0 Å². The summed E-state index contributed by atoms with van der Waals surface area (Å²) in [6.45, 7) is 0.681. The van der Waals surface area contributed by atoms with Gasteiger partial charge in [0.2, 0.25) is 5.91 Å². The van der Waals surface area contributed by atoms with E-state index in [1.165, 1.54) is 6.07 Å². The molecular formula is C12H18N2O3S. The minimum absolute atomic E-state index is 0.122. The fourth-order valence-electron chi connectivity index (χ4n) is 1.56. The summed E-state index contributed by atoms with van der Waals surface area (Å²) in [7, 11) is -3.27. The first-order valence-electron chi connectivity index (χ1n) is 5.70. The summed E-state index contributed by atoms with van der Waals surface area (Å²) in [5.41, 5.74) is 5.90. The van der Waals surface area contributed by atoms with Crippen molar-refractivity contribution >= 4 is 15.7 Å². The van der Waals surface area contributed by atoms with Gasteiger partial charge in [0, 0.05) is 19.2 Å². The normalized spacial score (nSPS) is 11.2. The van der Waals surface area contributed by atoms with E-state index in [9.17, 15) is 13.2 Å². The lowest BCUT2D eigenvalue weighted by atomic mass is 10.2. The molecule has 6 heteroatoms. The number of hydrogen-bond acceptors (Lipinski definition) is 4. The number of carbonyl (C=O) groups is 1. The van der Waals surface area contributed by atoms with Gasteiger partial charge in [-0.2, -0.15) is 0 Å². The lowest BCUT2D eigenvalue weighted by Gasteiger charge is -2.09. The molecule has 5 nitrogen and oxygen atoms in total. The number of nitrogens with one attached hydrogen (secondary N) is 1. The molecule has 0 aliphatic heterocycles. The van der Waals surface area contributed by atoms with Crippen LogP contribution in [-0.2, 0) is 21.2 Å². The van der Waals surface area contributed by atoms with Crippen molar-refractivity contribution in [2.24, 2.45) is 5.73 Å². The van der Waals surface area contributed by atoms with Crippen molar-refractivity contribution in [2.45, 2.75) is 24.3 Å². The first-order valence-corrected chi connectivity index (χ1v) is 7.59. The smallest absolute Gasteiger partial charge is 0.220 e. The van der Waals surface area contributed by atoms with Crippen LogP contribution >= 0.6 is 0 Å². The topological polar surface area (TPSA) is 89.3 Å². The number of rotatable bonds is 6. The van der Waals surface area contributed by atoms with Gasteiger partial charge in [-0.1, -0.05) is 18.2 Å². The van der Waals surface area contributed by atoms with Crippen LogP contribution < -0.4 is 11.1 Å². The maximum Gasteiger partial charge on any atom is 0.220 e. The van der Waals surface area contributed by atoms with E-state index in [-0.39, 0.29) is 17.3 Å². The third-order valence-electron chi connectivity index (χ3n) is 2.46. The van der Waals surface area contributed by atoms with Gasteiger partial charge in [0.1, 0.15) is 0 Å². The average molecular weight is 270 g/mol. The molecule has 0 unspecified atom stereocenters. The standard InChI is InChI=1S/C12H18N2O3S/c1-18(16,17)11-6-3-2-5-10(11)9-14-12(15)7-4-8-13/h2-3,5-6H,4,7-9,13H2,1H3,(H,14,15). The SMILES string of the molecule is CS(=O)(=O)c1ccccc1CNC(=O)CCCN. The summed E-state index contributed by atoms with van der Waals surface area (Å²) in [5.74, 6) is -0.122. The minimum atomic E-state index is -3.27. The van der Waals surface area contributed by atoms with E-state index >= 15 is 0 Å². The summed E-state index contributed by atoms with van der Waals surface area (Å²) in [4.78, 5) is 11.7. The summed E-state index contributed by atoms with van der Waals surface area (Å²) >= 11 is 0. The molecule has 0 spiro atoms. The quantitative estimate of drug-likeness (QED) is 0.785. The molecule has 0 fully saturated rings. The highest BCUT2D eigenvalue weighted by Gasteiger charge is 2.12. The summed E-state index contributed by atoms with van der Waals surface area (Å²) in [6.07, 6.45) is 2.14. The summed E-state index contributed by atoms with van der Waals surface area (Å²) < 4.78 is 23.1. The Balaban J connectivity index is 2.71. The maximum atomic E-state index is 11.5. The monoisotopic (exact) mass is 270 g/mol. The Bertz CT molecular complexity index is 512. The lowest BCUT2D eigenvalue weighted by Crippen LogP contribution is -2.24. The van der Waals surface area contributed by atoms with Gasteiger partial charge in [0.25, 0.3) is 0 Å². The van der Waals surface area contributed by atoms with Gasteiger partial charge in [-0.25, -0.2) is 8.42 Å². The second-order valence-corrected chi connectivity index (χ2v) is 6.03. The second-order valence-electron chi connectivity index (χ2n) is 4.05. The molecule has 0 bridgehead atoms. The van der Waals surface area contributed by atoms with Crippen LogP contribution in [0.3, 0.4) is 0 Å². The number of carbonyl (C=O) groups excluding carboxylic acids is 1. The van der Waals surface area contributed by atoms with Crippen molar-refractivity contribution in [2.75, 3.05) is 12.8 Å². The zero-order chi connectivity index (χ0) is 13.6. The molecule has 1 aromatic carbocycles. The molecule has 1 aromatic rings. The Hall–Kier alpha value is -1.40. The molecule has 0 saturated carbocycles. The molecule has 0 aromatic heterocycles. The van der Waals surface area contributed by atoms with Crippen molar-refractivity contribution < 1.29 is 13.2 Å². The van der Waals surface area contributed by atoms with Crippen molar-refractivity contribution in [1.29, 1.82) is 0 Å².